The zero-order valence-electron chi connectivity index (χ0n) is 11.6. The third-order valence-electron chi connectivity index (χ3n) is 3.93. The Morgan fingerprint density at radius 2 is 2.15 bits per heavy atom. The molecule has 2 atom stereocenters. The van der Waals surface area contributed by atoms with Crippen molar-refractivity contribution < 1.29 is 12.8 Å². The number of benzene rings is 1. The molecule has 0 amide bonds. The van der Waals surface area contributed by atoms with Crippen LogP contribution in [0.3, 0.4) is 0 Å². The van der Waals surface area contributed by atoms with Crippen LogP contribution in [-0.4, -0.2) is 44.5 Å². The Labute approximate surface area is 119 Å². The second-order valence-corrected chi connectivity index (χ2v) is 7.68. The standard InChI is InChI=1S/C14H21FN2O2S/c1-17(11-7-9-20(18,19)10-11)8-6-14(16)12-4-2-3-5-13(12)15/h2-5,11,14H,6-10,16H2,1H3. The van der Waals surface area contributed by atoms with Crippen molar-refractivity contribution in [1.29, 1.82) is 0 Å². The van der Waals surface area contributed by atoms with Gasteiger partial charge < -0.3 is 10.6 Å². The third-order valence-corrected chi connectivity index (χ3v) is 5.68. The van der Waals surface area contributed by atoms with Crippen molar-refractivity contribution in [3.8, 4) is 0 Å². The van der Waals surface area contributed by atoms with Crippen LogP contribution in [0.1, 0.15) is 24.4 Å². The van der Waals surface area contributed by atoms with E-state index in [0.717, 1.165) is 0 Å². The highest BCUT2D eigenvalue weighted by atomic mass is 32.2. The smallest absolute Gasteiger partial charge is 0.151 e. The predicted octanol–water partition coefficient (Wildman–Crippen LogP) is 1.33. The number of halogens is 1. The van der Waals surface area contributed by atoms with Gasteiger partial charge in [-0.25, -0.2) is 12.8 Å². The average Bonchev–Trinajstić information content (AvgIpc) is 2.76. The Kier molecular flexibility index (Phi) is 4.78. The normalized spacial score (nSPS) is 23.1. The number of hydrogen-bond acceptors (Lipinski definition) is 4. The molecule has 1 aliphatic heterocycles. The van der Waals surface area contributed by atoms with E-state index in [1.807, 2.05) is 11.9 Å². The number of nitrogens with zero attached hydrogens (tertiary/aromatic N) is 1. The first kappa shape index (κ1) is 15.4. The van der Waals surface area contributed by atoms with E-state index >= 15 is 0 Å². The number of sulfone groups is 1. The molecule has 0 bridgehead atoms. The molecule has 0 aromatic heterocycles. The van der Waals surface area contributed by atoms with Crippen LogP contribution in [0.2, 0.25) is 0 Å². The molecule has 1 aromatic rings. The van der Waals surface area contributed by atoms with Crippen molar-refractivity contribution >= 4 is 9.84 Å². The SMILES string of the molecule is CN(CCC(N)c1ccccc1F)C1CCS(=O)(=O)C1. The van der Waals surface area contributed by atoms with Crippen LogP contribution < -0.4 is 5.73 Å². The molecule has 0 radical (unpaired) electrons. The van der Waals surface area contributed by atoms with Gasteiger partial charge >= 0.3 is 0 Å². The molecule has 2 unspecified atom stereocenters. The summed E-state index contributed by atoms with van der Waals surface area (Å²) in [5, 5.41) is 0. The first-order chi connectivity index (χ1) is 9.39. The molecule has 2 N–H and O–H groups in total. The van der Waals surface area contributed by atoms with Gasteiger partial charge in [-0.2, -0.15) is 0 Å². The molecule has 1 fully saturated rings. The van der Waals surface area contributed by atoms with Gasteiger partial charge in [0.2, 0.25) is 0 Å². The summed E-state index contributed by atoms with van der Waals surface area (Å²) in [5.41, 5.74) is 6.53. The lowest BCUT2D eigenvalue weighted by Gasteiger charge is -2.24. The fourth-order valence-corrected chi connectivity index (χ4v) is 4.38. The van der Waals surface area contributed by atoms with Crippen LogP contribution in [0.4, 0.5) is 4.39 Å². The maximum Gasteiger partial charge on any atom is 0.151 e. The summed E-state index contributed by atoms with van der Waals surface area (Å²) in [6.07, 6.45) is 1.28. The summed E-state index contributed by atoms with van der Waals surface area (Å²) in [5.74, 6) is 0.200. The van der Waals surface area contributed by atoms with Crippen molar-refractivity contribution in [2.75, 3.05) is 25.1 Å². The third kappa shape index (κ3) is 3.77. The van der Waals surface area contributed by atoms with Crippen molar-refractivity contribution in [3.63, 3.8) is 0 Å². The van der Waals surface area contributed by atoms with Crippen LogP contribution >= 0.6 is 0 Å². The van der Waals surface area contributed by atoms with E-state index < -0.39 is 9.84 Å². The zero-order valence-corrected chi connectivity index (χ0v) is 12.4. The highest BCUT2D eigenvalue weighted by molar-refractivity contribution is 7.91. The fraction of sp³-hybridized carbons (Fsp3) is 0.571. The molecule has 1 heterocycles. The topological polar surface area (TPSA) is 63.4 Å². The number of hydrogen-bond donors (Lipinski definition) is 1. The Bertz CT molecular complexity index is 562. The monoisotopic (exact) mass is 300 g/mol. The van der Waals surface area contributed by atoms with Gasteiger partial charge in [0, 0.05) is 17.6 Å². The minimum absolute atomic E-state index is 0.0628. The van der Waals surface area contributed by atoms with Gasteiger partial charge in [-0.15, -0.1) is 0 Å². The van der Waals surface area contributed by atoms with E-state index in [4.69, 9.17) is 5.73 Å². The van der Waals surface area contributed by atoms with E-state index in [9.17, 15) is 12.8 Å². The fourth-order valence-electron chi connectivity index (χ4n) is 2.58. The van der Waals surface area contributed by atoms with Gasteiger partial charge in [-0.3, -0.25) is 0 Å². The van der Waals surface area contributed by atoms with Crippen LogP contribution in [0.25, 0.3) is 0 Å². The van der Waals surface area contributed by atoms with Crippen LogP contribution in [0.15, 0.2) is 24.3 Å². The van der Waals surface area contributed by atoms with Gasteiger partial charge in [0.05, 0.1) is 11.5 Å². The molecule has 0 aliphatic carbocycles. The molecule has 2 rings (SSSR count). The van der Waals surface area contributed by atoms with Crippen LogP contribution in [-0.2, 0) is 9.84 Å². The molecule has 0 spiro atoms. The largest absolute Gasteiger partial charge is 0.324 e. The first-order valence-corrected chi connectivity index (χ1v) is 8.62. The lowest BCUT2D eigenvalue weighted by atomic mass is 10.0. The highest BCUT2D eigenvalue weighted by Gasteiger charge is 2.30. The van der Waals surface area contributed by atoms with Gasteiger partial charge in [-0.1, -0.05) is 18.2 Å². The van der Waals surface area contributed by atoms with Crippen molar-refractivity contribution in [2.45, 2.75) is 24.9 Å². The lowest BCUT2D eigenvalue weighted by molar-refractivity contribution is 0.252. The second kappa shape index (κ2) is 6.20. The first-order valence-electron chi connectivity index (χ1n) is 6.80. The summed E-state index contributed by atoms with van der Waals surface area (Å²) in [7, 11) is -0.968. The van der Waals surface area contributed by atoms with E-state index in [1.165, 1.54) is 6.07 Å². The quantitative estimate of drug-likeness (QED) is 0.891. The Hall–Kier alpha value is -0.980. The van der Waals surface area contributed by atoms with Crippen molar-refractivity contribution in [3.05, 3.63) is 35.6 Å². The molecule has 20 heavy (non-hydrogen) atoms. The minimum atomic E-state index is -2.87. The average molecular weight is 300 g/mol. The zero-order chi connectivity index (χ0) is 14.8. The maximum atomic E-state index is 13.6. The Morgan fingerprint density at radius 1 is 1.45 bits per heavy atom. The Balaban J connectivity index is 1.88. The second-order valence-electron chi connectivity index (χ2n) is 5.45. The molecule has 4 nitrogen and oxygen atoms in total. The summed E-state index contributed by atoms with van der Waals surface area (Å²) < 4.78 is 36.5. The molecule has 6 heteroatoms. The molecular formula is C14H21FN2O2S. The lowest BCUT2D eigenvalue weighted by Crippen LogP contribution is -2.34. The molecule has 112 valence electrons. The predicted molar refractivity (Wildman–Crippen MR) is 77.6 cm³/mol. The van der Waals surface area contributed by atoms with E-state index in [1.54, 1.807) is 18.2 Å². The van der Waals surface area contributed by atoms with Crippen LogP contribution in [0, 0.1) is 5.82 Å². The highest BCUT2D eigenvalue weighted by Crippen LogP contribution is 2.20. The molecular weight excluding hydrogens is 279 g/mol. The molecule has 0 saturated carbocycles. The molecule has 1 aliphatic rings. The number of rotatable bonds is 5. The van der Waals surface area contributed by atoms with Crippen molar-refractivity contribution in [2.24, 2.45) is 5.73 Å². The molecule has 1 aromatic carbocycles. The van der Waals surface area contributed by atoms with Crippen LogP contribution in [0.5, 0.6) is 0 Å². The minimum Gasteiger partial charge on any atom is -0.324 e. The summed E-state index contributed by atoms with van der Waals surface area (Å²) >= 11 is 0. The van der Waals surface area contributed by atoms with Gasteiger partial charge in [0.1, 0.15) is 5.82 Å². The van der Waals surface area contributed by atoms with Gasteiger partial charge in [0.15, 0.2) is 9.84 Å². The number of nitrogens with two attached hydrogens (primary N) is 1. The summed E-state index contributed by atoms with van der Waals surface area (Å²) in [6.45, 7) is 0.662. The van der Waals surface area contributed by atoms with Gasteiger partial charge in [0.25, 0.3) is 0 Å². The Morgan fingerprint density at radius 3 is 2.75 bits per heavy atom. The summed E-state index contributed by atoms with van der Waals surface area (Å²) in [4.78, 5) is 2.02. The maximum absolute atomic E-state index is 13.6. The van der Waals surface area contributed by atoms with E-state index in [-0.39, 0.29) is 29.4 Å². The van der Waals surface area contributed by atoms with Crippen molar-refractivity contribution in [1.82, 2.24) is 4.90 Å². The summed E-state index contributed by atoms with van der Waals surface area (Å²) in [6, 6.07) is 6.21. The van der Waals surface area contributed by atoms with E-state index in [0.29, 0.717) is 24.9 Å². The van der Waals surface area contributed by atoms with E-state index in [2.05, 4.69) is 0 Å². The van der Waals surface area contributed by atoms with Gasteiger partial charge in [-0.05, 0) is 32.5 Å². The molecule has 1 saturated heterocycles.